The fourth-order valence-corrected chi connectivity index (χ4v) is 6.65. The number of fused-ring (bicyclic) bond motifs is 3. The summed E-state index contributed by atoms with van der Waals surface area (Å²) in [5.74, 6) is 1.62. The Hall–Kier alpha value is -3.60. The van der Waals surface area contributed by atoms with Crippen molar-refractivity contribution in [2.24, 2.45) is 5.41 Å². The number of hydrogen-bond donors (Lipinski definition) is 1. The minimum absolute atomic E-state index is 0.0888. The lowest BCUT2D eigenvalue weighted by atomic mass is 9.68. The molecule has 0 aromatic heterocycles. The summed E-state index contributed by atoms with van der Waals surface area (Å²) in [5, 5.41) is 10.5. The summed E-state index contributed by atoms with van der Waals surface area (Å²) in [6.07, 6.45) is 5.53. The van der Waals surface area contributed by atoms with Crippen molar-refractivity contribution in [3.8, 4) is 22.6 Å². The third-order valence-electron chi connectivity index (χ3n) is 8.72. The molecular formula is C39H44O4. The van der Waals surface area contributed by atoms with E-state index >= 15 is 0 Å². The molecule has 1 atom stereocenters. The van der Waals surface area contributed by atoms with Crippen LogP contribution < -0.4 is 9.47 Å². The second kappa shape index (κ2) is 12.6. The summed E-state index contributed by atoms with van der Waals surface area (Å²) in [7, 11) is 0. The Morgan fingerprint density at radius 2 is 1.19 bits per heavy atom. The van der Waals surface area contributed by atoms with Gasteiger partial charge in [0.15, 0.2) is 0 Å². The van der Waals surface area contributed by atoms with E-state index in [9.17, 15) is 5.11 Å². The molecule has 0 bridgehead atoms. The molecule has 2 aliphatic carbocycles. The highest BCUT2D eigenvalue weighted by Gasteiger charge is 2.45. The van der Waals surface area contributed by atoms with Crippen molar-refractivity contribution < 1.29 is 19.3 Å². The molecule has 0 radical (unpaired) electrons. The Kier molecular flexibility index (Phi) is 8.61. The van der Waals surface area contributed by atoms with Crippen molar-refractivity contribution in [1.82, 2.24) is 0 Å². The molecule has 4 aromatic carbocycles. The summed E-state index contributed by atoms with van der Waals surface area (Å²) in [4.78, 5) is 0. The lowest BCUT2D eigenvalue weighted by Gasteiger charge is -2.34. The van der Waals surface area contributed by atoms with Gasteiger partial charge in [-0.25, -0.2) is 0 Å². The molecule has 1 saturated carbocycles. The Morgan fingerprint density at radius 3 is 1.72 bits per heavy atom. The van der Waals surface area contributed by atoms with Crippen LogP contribution in [0, 0.1) is 5.41 Å². The molecule has 4 nitrogen and oxygen atoms in total. The Morgan fingerprint density at radius 1 is 0.674 bits per heavy atom. The molecule has 1 unspecified atom stereocenters. The number of aliphatic hydroxyl groups excluding tert-OH is 1. The standard InChI is InChI=1S/C39H44O4/c1-38(2,3)27-43-33-23-19-29(20-24-33)39(36-15-9-7-13-34(36)35-14-8-10-16-37(35)39)28-17-21-32(22-18-28)42-26-30(40)25-41-31-11-5-4-6-12-31/h7-10,13-24,30-31,40H,4-6,11-12,25-27H2,1-3H3. The molecule has 4 aromatic rings. The fourth-order valence-electron chi connectivity index (χ4n) is 6.65. The van der Waals surface area contributed by atoms with Crippen molar-refractivity contribution in [3.05, 3.63) is 119 Å². The van der Waals surface area contributed by atoms with Gasteiger partial charge in [0.2, 0.25) is 0 Å². The molecule has 0 amide bonds. The van der Waals surface area contributed by atoms with Gasteiger partial charge in [-0.15, -0.1) is 0 Å². The predicted octanol–water partition coefficient (Wildman–Crippen LogP) is 8.56. The van der Waals surface area contributed by atoms with Crippen LogP contribution >= 0.6 is 0 Å². The topological polar surface area (TPSA) is 47.9 Å². The number of ether oxygens (including phenoxy) is 3. The summed E-state index contributed by atoms with van der Waals surface area (Å²) >= 11 is 0. The molecule has 224 valence electrons. The van der Waals surface area contributed by atoms with Gasteiger partial charge in [-0.1, -0.05) is 113 Å². The van der Waals surface area contributed by atoms with E-state index in [1.165, 1.54) is 52.6 Å². The van der Waals surface area contributed by atoms with E-state index in [2.05, 4.69) is 106 Å². The quantitative estimate of drug-likeness (QED) is 0.181. The zero-order valence-electron chi connectivity index (χ0n) is 25.7. The van der Waals surface area contributed by atoms with Gasteiger partial charge in [0, 0.05) is 0 Å². The van der Waals surface area contributed by atoms with Crippen LogP contribution in [0.15, 0.2) is 97.1 Å². The van der Waals surface area contributed by atoms with E-state index in [4.69, 9.17) is 14.2 Å². The highest BCUT2D eigenvalue weighted by atomic mass is 16.5. The van der Waals surface area contributed by atoms with Crippen LogP contribution in [-0.4, -0.2) is 37.1 Å². The number of rotatable bonds is 10. The normalized spacial score (nSPS) is 16.7. The fraction of sp³-hybridized carbons (Fsp3) is 0.385. The average molecular weight is 577 g/mol. The van der Waals surface area contributed by atoms with Gasteiger partial charge >= 0.3 is 0 Å². The summed E-state index contributed by atoms with van der Waals surface area (Å²) in [5.41, 5.74) is 7.01. The Labute approximate surface area is 256 Å². The summed E-state index contributed by atoms with van der Waals surface area (Å²) < 4.78 is 18.1. The molecule has 2 aliphatic rings. The van der Waals surface area contributed by atoms with Crippen LogP contribution in [0.2, 0.25) is 0 Å². The molecule has 6 rings (SSSR count). The average Bonchev–Trinajstić information content (AvgIpc) is 3.34. The molecule has 0 saturated heterocycles. The predicted molar refractivity (Wildman–Crippen MR) is 173 cm³/mol. The maximum absolute atomic E-state index is 10.5. The molecule has 1 fully saturated rings. The largest absolute Gasteiger partial charge is 0.493 e. The van der Waals surface area contributed by atoms with Crippen LogP contribution in [0.5, 0.6) is 11.5 Å². The third kappa shape index (κ3) is 6.23. The summed E-state index contributed by atoms with van der Waals surface area (Å²) in [6.45, 7) is 7.73. The summed E-state index contributed by atoms with van der Waals surface area (Å²) in [6, 6.07) is 34.5. The van der Waals surface area contributed by atoms with Crippen LogP contribution in [0.3, 0.4) is 0 Å². The van der Waals surface area contributed by atoms with Gasteiger partial charge < -0.3 is 19.3 Å². The minimum Gasteiger partial charge on any atom is -0.493 e. The highest BCUT2D eigenvalue weighted by Crippen LogP contribution is 2.56. The van der Waals surface area contributed by atoms with Gasteiger partial charge in [-0.3, -0.25) is 0 Å². The van der Waals surface area contributed by atoms with Gasteiger partial charge in [-0.2, -0.15) is 0 Å². The first-order valence-corrected chi connectivity index (χ1v) is 15.8. The van der Waals surface area contributed by atoms with Crippen molar-refractivity contribution >= 4 is 0 Å². The van der Waals surface area contributed by atoms with Gasteiger partial charge in [0.1, 0.15) is 24.2 Å². The molecule has 1 N–H and O–H groups in total. The first-order chi connectivity index (χ1) is 20.8. The van der Waals surface area contributed by atoms with E-state index in [1.807, 2.05) is 12.1 Å². The highest BCUT2D eigenvalue weighted by molar-refractivity contribution is 5.86. The zero-order valence-corrected chi connectivity index (χ0v) is 25.7. The van der Waals surface area contributed by atoms with Gasteiger partial charge in [0.25, 0.3) is 0 Å². The van der Waals surface area contributed by atoms with E-state index in [0.29, 0.717) is 13.2 Å². The van der Waals surface area contributed by atoms with Gasteiger partial charge in [0.05, 0.1) is 24.7 Å². The van der Waals surface area contributed by atoms with Crippen molar-refractivity contribution in [1.29, 1.82) is 0 Å². The van der Waals surface area contributed by atoms with E-state index in [0.717, 1.165) is 24.3 Å². The molecule has 4 heteroatoms. The lowest BCUT2D eigenvalue weighted by molar-refractivity contribution is -0.0363. The monoisotopic (exact) mass is 576 g/mol. The number of hydrogen-bond acceptors (Lipinski definition) is 4. The maximum atomic E-state index is 10.5. The van der Waals surface area contributed by atoms with Crippen molar-refractivity contribution in [3.63, 3.8) is 0 Å². The van der Waals surface area contributed by atoms with Crippen LogP contribution in [-0.2, 0) is 10.2 Å². The van der Waals surface area contributed by atoms with Crippen molar-refractivity contribution in [2.75, 3.05) is 19.8 Å². The molecule has 0 spiro atoms. The maximum Gasteiger partial charge on any atom is 0.119 e. The second-order valence-electron chi connectivity index (χ2n) is 13.3. The minimum atomic E-state index is -0.652. The van der Waals surface area contributed by atoms with E-state index in [-0.39, 0.29) is 18.1 Å². The first kappa shape index (κ1) is 29.5. The smallest absolute Gasteiger partial charge is 0.119 e. The molecule has 0 heterocycles. The SMILES string of the molecule is CC(C)(C)COc1ccc(C2(c3ccc(OCC(O)COC4CCCCC4)cc3)c3ccccc3-c3ccccc32)cc1. The van der Waals surface area contributed by atoms with Crippen molar-refractivity contribution in [2.45, 2.75) is 70.5 Å². The van der Waals surface area contributed by atoms with Crippen LogP contribution in [0.1, 0.15) is 75.1 Å². The lowest BCUT2D eigenvalue weighted by Crippen LogP contribution is -2.29. The van der Waals surface area contributed by atoms with E-state index < -0.39 is 11.5 Å². The molecule has 0 aliphatic heterocycles. The van der Waals surface area contributed by atoms with Crippen LogP contribution in [0.4, 0.5) is 0 Å². The van der Waals surface area contributed by atoms with Crippen LogP contribution in [0.25, 0.3) is 11.1 Å². The molecule has 43 heavy (non-hydrogen) atoms. The zero-order chi connectivity index (χ0) is 29.9. The number of aliphatic hydroxyl groups is 1. The van der Waals surface area contributed by atoms with E-state index in [1.54, 1.807) is 0 Å². The Balaban J connectivity index is 1.29. The second-order valence-corrected chi connectivity index (χ2v) is 13.3. The number of benzene rings is 4. The first-order valence-electron chi connectivity index (χ1n) is 15.8. The third-order valence-corrected chi connectivity index (χ3v) is 8.72. The Bertz CT molecular complexity index is 1450. The molecular weight excluding hydrogens is 532 g/mol. The van der Waals surface area contributed by atoms with Gasteiger partial charge in [-0.05, 0) is 75.9 Å².